The number of terminal acetylenes is 1. The zero-order valence-electron chi connectivity index (χ0n) is 26.5. The number of ether oxygens (including phenoxy) is 2. The van der Waals surface area contributed by atoms with Crippen LogP contribution in [-0.2, 0) is 35.1 Å². The minimum Gasteiger partial charge on any atom is -0.508 e. The predicted molar refractivity (Wildman–Crippen MR) is 166 cm³/mol. The molecule has 0 aliphatic rings. The Balaban J connectivity index is 2.56. The van der Waals surface area contributed by atoms with E-state index in [1.807, 2.05) is 0 Å². The molecule has 0 aliphatic heterocycles. The lowest BCUT2D eigenvalue weighted by Gasteiger charge is -2.32. The van der Waals surface area contributed by atoms with Gasteiger partial charge in [0.15, 0.2) is 6.04 Å². The van der Waals surface area contributed by atoms with Crippen molar-refractivity contribution in [3.8, 4) is 18.2 Å². The Labute approximate surface area is 263 Å². The summed E-state index contributed by atoms with van der Waals surface area (Å²) in [7, 11) is 0. The van der Waals surface area contributed by atoms with E-state index < -0.39 is 59.1 Å². The minimum atomic E-state index is -1.68. The summed E-state index contributed by atoms with van der Waals surface area (Å²) in [5.74, 6) is -3.73. The topological polar surface area (TPSA) is 177 Å². The summed E-state index contributed by atoms with van der Waals surface area (Å²) < 4.78 is 10.8. The van der Waals surface area contributed by atoms with Crippen molar-refractivity contribution in [2.45, 2.75) is 90.1 Å². The van der Waals surface area contributed by atoms with E-state index in [1.165, 1.54) is 24.3 Å². The fraction of sp³-hybridized carbons (Fsp3) is 0.424. The van der Waals surface area contributed by atoms with E-state index in [9.17, 15) is 29.1 Å². The highest BCUT2D eigenvalue weighted by atomic mass is 16.6. The fourth-order valence-electron chi connectivity index (χ4n) is 4.21. The van der Waals surface area contributed by atoms with Crippen LogP contribution in [0, 0.1) is 12.5 Å². The van der Waals surface area contributed by atoms with Crippen LogP contribution in [0.5, 0.6) is 5.75 Å². The van der Waals surface area contributed by atoms with Gasteiger partial charge in [-0.1, -0.05) is 55.0 Å². The average Bonchev–Trinajstić information content (AvgIpc) is 2.92. The van der Waals surface area contributed by atoms with E-state index >= 15 is 0 Å². The third kappa shape index (κ3) is 11.9. The van der Waals surface area contributed by atoms with Gasteiger partial charge in [0.2, 0.25) is 11.8 Å². The van der Waals surface area contributed by atoms with Crippen LogP contribution < -0.4 is 16.4 Å². The molecule has 0 fully saturated rings. The second kappa shape index (κ2) is 15.6. The molecule has 242 valence electrons. The van der Waals surface area contributed by atoms with Gasteiger partial charge in [0.05, 0.1) is 0 Å². The fourth-order valence-corrected chi connectivity index (χ4v) is 4.21. The highest BCUT2D eigenvalue weighted by Crippen LogP contribution is 2.30. The zero-order valence-corrected chi connectivity index (χ0v) is 26.5. The summed E-state index contributed by atoms with van der Waals surface area (Å²) in [5, 5.41) is 15.8. The van der Waals surface area contributed by atoms with Gasteiger partial charge >= 0.3 is 12.1 Å². The Morgan fingerprint density at radius 1 is 0.889 bits per heavy atom. The largest absolute Gasteiger partial charge is 0.508 e. The Morgan fingerprint density at radius 3 is 2.00 bits per heavy atom. The molecule has 3 atom stereocenters. The Hall–Kier alpha value is -5.05. The molecule has 4 amide bonds. The normalized spacial score (nSPS) is 13.3. The van der Waals surface area contributed by atoms with Crippen LogP contribution in [0.15, 0.2) is 54.6 Å². The molecule has 2 rings (SSSR count). The Kier molecular flexibility index (Phi) is 12.5. The third-order valence-electron chi connectivity index (χ3n) is 6.07. The first kappa shape index (κ1) is 36.1. The number of hydrogen-bond donors (Lipinski definition) is 4. The maximum Gasteiger partial charge on any atom is 0.408 e. The number of nitrogens with two attached hydrogens (primary N) is 1. The van der Waals surface area contributed by atoms with Crippen molar-refractivity contribution in [3.05, 3.63) is 65.7 Å². The number of amides is 4. The minimum absolute atomic E-state index is 0.0421. The smallest absolute Gasteiger partial charge is 0.408 e. The van der Waals surface area contributed by atoms with Crippen LogP contribution in [0.2, 0.25) is 0 Å². The lowest BCUT2D eigenvalue weighted by molar-refractivity contribution is -0.159. The number of benzene rings is 2. The van der Waals surface area contributed by atoms with Gasteiger partial charge in [-0.25, -0.2) is 9.59 Å². The van der Waals surface area contributed by atoms with Gasteiger partial charge in [-0.15, -0.1) is 0 Å². The van der Waals surface area contributed by atoms with Crippen LogP contribution in [0.1, 0.15) is 71.6 Å². The van der Waals surface area contributed by atoms with Crippen LogP contribution in [-0.4, -0.2) is 63.1 Å². The summed E-state index contributed by atoms with van der Waals surface area (Å²) in [6, 6.07) is 12.4. The molecule has 0 heterocycles. The van der Waals surface area contributed by atoms with Crippen LogP contribution in [0.3, 0.4) is 0 Å². The molecule has 3 unspecified atom stereocenters. The lowest BCUT2D eigenvalue weighted by atomic mass is 10.00. The van der Waals surface area contributed by atoms with Gasteiger partial charge in [0.1, 0.15) is 29.0 Å². The molecule has 0 aliphatic carbocycles. The molecule has 0 bridgehead atoms. The molecule has 0 radical (unpaired) electrons. The number of aromatic hydroxyl groups is 1. The average molecular weight is 623 g/mol. The molecule has 0 saturated carbocycles. The number of esters is 1. The van der Waals surface area contributed by atoms with Crippen molar-refractivity contribution in [3.63, 3.8) is 0 Å². The number of rotatable bonds is 12. The van der Waals surface area contributed by atoms with Crippen LogP contribution >= 0.6 is 0 Å². The maximum atomic E-state index is 14.1. The summed E-state index contributed by atoms with van der Waals surface area (Å²) >= 11 is 0. The summed E-state index contributed by atoms with van der Waals surface area (Å²) in [6.45, 7) is 9.90. The monoisotopic (exact) mass is 622 g/mol. The van der Waals surface area contributed by atoms with E-state index in [0.29, 0.717) is 10.5 Å². The van der Waals surface area contributed by atoms with E-state index in [-0.39, 0.29) is 30.6 Å². The van der Waals surface area contributed by atoms with Crippen molar-refractivity contribution in [2.75, 3.05) is 0 Å². The summed E-state index contributed by atoms with van der Waals surface area (Å²) in [4.78, 5) is 66.2. The Bertz CT molecular complexity index is 1410. The van der Waals surface area contributed by atoms with Gasteiger partial charge in [-0.3, -0.25) is 19.3 Å². The maximum absolute atomic E-state index is 14.1. The molecule has 5 N–H and O–H groups in total. The van der Waals surface area contributed by atoms with Crippen molar-refractivity contribution < 1.29 is 38.6 Å². The quantitative estimate of drug-likeness (QED) is 0.159. The van der Waals surface area contributed by atoms with E-state index in [2.05, 4.69) is 16.7 Å². The highest BCUT2D eigenvalue weighted by molar-refractivity contribution is 5.95. The van der Waals surface area contributed by atoms with Gasteiger partial charge in [0.25, 0.3) is 5.91 Å². The van der Waals surface area contributed by atoms with Crippen molar-refractivity contribution in [2.24, 2.45) is 5.73 Å². The zero-order chi connectivity index (χ0) is 33.9. The molecule has 2 aromatic rings. The van der Waals surface area contributed by atoms with Gasteiger partial charge in [-0.2, -0.15) is 0 Å². The van der Waals surface area contributed by atoms with E-state index in [4.69, 9.17) is 21.6 Å². The number of phenols is 1. The molecule has 12 heteroatoms. The number of nitrogens with one attached hydrogen (secondary N) is 2. The summed E-state index contributed by atoms with van der Waals surface area (Å²) in [6.07, 6.45) is 4.28. The van der Waals surface area contributed by atoms with Crippen LogP contribution in [0.4, 0.5) is 4.79 Å². The van der Waals surface area contributed by atoms with Crippen molar-refractivity contribution >= 4 is 29.8 Å². The number of nitrogens with zero attached hydrogens (tertiary/aromatic N) is 1. The molecule has 0 saturated heterocycles. The number of carbonyl (C=O) groups is 5. The van der Waals surface area contributed by atoms with Gasteiger partial charge in [-0.05, 0) is 59.6 Å². The first-order chi connectivity index (χ1) is 20.9. The number of para-hydroxylation sites is 1. The second-order valence-corrected chi connectivity index (χ2v) is 12.3. The lowest BCUT2D eigenvalue weighted by Crippen LogP contribution is -2.53. The standard InChI is InChI=1S/C33H42N4O8/c1-8-37(29(41)23(18-19-26(34)39)36-31(43)45-33(5,6)7)27(22-16-12-13-17-25(22)38)28(40)35-24(30(42)44-32(2,3)4)20-21-14-10-9-11-15-21/h1,9-17,23-24,27,38H,18-20H2,2-7H3,(H2,34,39)(H,35,40)(H,36,43). The number of hydrogen-bond acceptors (Lipinski definition) is 8. The van der Waals surface area contributed by atoms with Crippen LogP contribution in [0.25, 0.3) is 0 Å². The van der Waals surface area contributed by atoms with E-state index in [0.717, 1.165) is 0 Å². The number of carbonyl (C=O) groups excluding carboxylic acids is 5. The third-order valence-corrected chi connectivity index (χ3v) is 6.07. The molecule has 0 spiro atoms. The highest BCUT2D eigenvalue weighted by Gasteiger charge is 2.39. The second-order valence-electron chi connectivity index (χ2n) is 12.3. The molecular formula is C33H42N4O8. The number of primary amides is 1. The SMILES string of the molecule is C#CN(C(=O)C(CCC(N)=O)NC(=O)OC(C)(C)C)C(C(=O)NC(Cc1ccccc1)C(=O)OC(C)(C)C)c1ccccc1O. The predicted octanol–water partition coefficient (Wildman–Crippen LogP) is 3.08. The van der Waals surface area contributed by atoms with Crippen molar-refractivity contribution in [1.29, 1.82) is 0 Å². The first-order valence-corrected chi connectivity index (χ1v) is 14.3. The summed E-state index contributed by atoms with van der Waals surface area (Å²) in [5.41, 5.74) is 4.16. The van der Waals surface area contributed by atoms with Gasteiger partial charge in [0, 0.05) is 24.4 Å². The van der Waals surface area contributed by atoms with E-state index in [1.54, 1.807) is 71.9 Å². The molecule has 12 nitrogen and oxygen atoms in total. The number of phenolic OH excluding ortho intramolecular Hbond substituents is 1. The molecule has 2 aromatic carbocycles. The molecular weight excluding hydrogens is 580 g/mol. The van der Waals surface area contributed by atoms with Crippen molar-refractivity contribution in [1.82, 2.24) is 15.5 Å². The number of alkyl carbamates (subject to hydrolysis) is 1. The van der Waals surface area contributed by atoms with Gasteiger partial charge < -0.3 is 30.9 Å². The molecule has 0 aromatic heterocycles. The molecule has 45 heavy (non-hydrogen) atoms. The Morgan fingerprint density at radius 2 is 1.47 bits per heavy atom. The first-order valence-electron chi connectivity index (χ1n) is 14.3.